The van der Waals surface area contributed by atoms with Gasteiger partial charge in [-0.3, -0.25) is 9.36 Å². The van der Waals surface area contributed by atoms with Gasteiger partial charge in [-0.25, -0.2) is 18.9 Å². The van der Waals surface area contributed by atoms with Gasteiger partial charge in [-0.15, -0.1) is 5.10 Å². The van der Waals surface area contributed by atoms with E-state index in [-0.39, 0.29) is 22.9 Å². The van der Waals surface area contributed by atoms with Crippen LogP contribution in [0.3, 0.4) is 0 Å². The van der Waals surface area contributed by atoms with Gasteiger partial charge in [-0.05, 0) is 42.5 Å². The van der Waals surface area contributed by atoms with E-state index < -0.39 is 29.1 Å². The Balaban J connectivity index is 1.62. The van der Waals surface area contributed by atoms with Gasteiger partial charge >= 0.3 is 12.1 Å². The summed E-state index contributed by atoms with van der Waals surface area (Å²) >= 11 is 0. The average Bonchev–Trinajstić information content (AvgIpc) is 3.26. The molecule has 2 N–H and O–H groups in total. The smallest absolute Gasteiger partial charge is 0.416 e. The lowest BCUT2D eigenvalue weighted by Crippen LogP contribution is -2.22. The van der Waals surface area contributed by atoms with Crippen molar-refractivity contribution in [3.05, 3.63) is 94.4 Å². The largest absolute Gasteiger partial charge is 0.478 e. The maximum absolute atomic E-state index is 14.1. The lowest BCUT2D eigenvalue weighted by atomic mass is 10.2. The highest BCUT2D eigenvalue weighted by Crippen LogP contribution is 2.31. The fraction of sp³-hybridized carbons (Fsp3) is 0.0476. The molecule has 4 aromatic rings. The Bertz CT molecular complexity index is 1390. The molecule has 0 fully saturated rings. The van der Waals surface area contributed by atoms with E-state index >= 15 is 0 Å². The highest BCUT2D eigenvalue weighted by Gasteiger charge is 2.31. The van der Waals surface area contributed by atoms with Crippen LogP contribution < -0.4 is 10.9 Å². The molecule has 2 heterocycles. The summed E-state index contributed by atoms with van der Waals surface area (Å²) in [5.41, 5.74) is -1.59. The Morgan fingerprint density at radius 3 is 2.39 bits per heavy atom. The van der Waals surface area contributed by atoms with Crippen molar-refractivity contribution < 1.29 is 27.5 Å². The minimum absolute atomic E-state index is 0.0997. The highest BCUT2D eigenvalue weighted by molar-refractivity contribution is 5.87. The van der Waals surface area contributed by atoms with Gasteiger partial charge in [0.2, 0.25) is 0 Å². The monoisotopic (exact) mass is 459 g/mol. The number of halogens is 4. The summed E-state index contributed by atoms with van der Waals surface area (Å²) in [4.78, 5) is 27.6. The lowest BCUT2D eigenvalue weighted by molar-refractivity contribution is -0.137. The van der Waals surface area contributed by atoms with Crippen molar-refractivity contribution in [3.8, 4) is 11.5 Å². The summed E-state index contributed by atoms with van der Waals surface area (Å²) in [7, 11) is 0. The van der Waals surface area contributed by atoms with E-state index in [9.17, 15) is 27.2 Å². The van der Waals surface area contributed by atoms with Crippen LogP contribution in [-0.4, -0.2) is 30.4 Å². The number of hydrogen-bond donors (Lipinski definition) is 2. The Morgan fingerprint density at radius 2 is 1.76 bits per heavy atom. The van der Waals surface area contributed by atoms with Crippen LogP contribution >= 0.6 is 0 Å². The van der Waals surface area contributed by atoms with E-state index in [2.05, 4.69) is 15.4 Å². The molecule has 0 radical (unpaired) electrons. The number of aromatic nitrogens is 4. The minimum atomic E-state index is -4.70. The zero-order valence-electron chi connectivity index (χ0n) is 16.4. The second-order valence-electron chi connectivity index (χ2n) is 6.74. The standard InChI is InChI=1S/C21H13F4N5O3/c22-15-11-13(21(23,24)25)3-6-16(15)27-18-19(31)29(10-8-26-18)17-7-9-30(28-17)14-4-1-12(2-5-14)20(32)33/h1-11H,(H,26,27)(H,32,33). The van der Waals surface area contributed by atoms with E-state index in [4.69, 9.17) is 5.11 Å². The molecule has 2 aromatic carbocycles. The second kappa shape index (κ2) is 8.22. The molecule has 0 bridgehead atoms. The molecule has 0 saturated carbocycles. The summed E-state index contributed by atoms with van der Waals surface area (Å²) in [5, 5.41) is 15.7. The van der Waals surface area contributed by atoms with Crippen molar-refractivity contribution in [2.45, 2.75) is 6.18 Å². The van der Waals surface area contributed by atoms with Crippen LogP contribution in [0, 0.1) is 5.82 Å². The molecule has 0 aliphatic heterocycles. The first kappa shape index (κ1) is 21.7. The van der Waals surface area contributed by atoms with Crippen LogP contribution in [-0.2, 0) is 6.18 Å². The van der Waals surface area contributed by atoms with Gasteiger partial charge in [0.1, 0.15) is 5.82 Å². The molecular formula is C21H13F4N5O3. The quantitative estimate of drug-likeness (QED) is 0.437. The highest BCUT2D eigenvalue weighted by atomic mass is 19.4. The summed E-state index contributed by atoms with van der Waals surface area (Å²) in [6.45, 7) is 0. The molecule has 0 atom stereocenters. The Kier molecular flexibility index (Phi) is 5.42. The van der Waals surface area contributed by atoms with Crippen LogP contribution in [0.2, 0.25) is 0 Å². The molecule has 8 nitrogen and oxygen atoms in total. The summed E-state index contributed by atoms with van der Waals surface area (Å²) in [6, 6.07) is 9.26. The van der Waals surface area contributed by atoms with Gasteiger partial charge in [-0.1, -0.05) is 0 Å². The fourth-order valence-electron chi connectivity index (χ4n) is 2.94. The molecule has 0 amide bonds. The second-order valence-corrected chi connectivity index (χ2v) is 6.74. The molecule has 168 valence electrons. The summed E-state index contributed by atoms with van der Waals surface area (Å²) < 4.78 is 54.8. The molecule has 0 aliphatic rings. The van der Waals surface area contributed by atoms with Crippen LogP contribution in [0.15, 0.2) is 71.9 Å². The van der Waals surface area contributed by atoms with Gasteiger partial charge in [0, 0.05) is 24.7 Å². The van der Waals surface area contributed by atoms with Crippen molar-refractivity contribution in [1.29, 1.82) is 0 Å². The number of hydrogen-bond acceptors (Lipinski definition) is 5. The van der Waals surface area contributed by atoms with Gasteiger partial charge in [0.05, 0.1) is 22.5 Å². The molecule has 0 spiro atoms. The first-order chi connectivity index (χ1) is 15.6. The van der Waals surface area contributed by atoms with Crippen LogP contribution in [0.25, 0.3) is 11.5 Å². The SMILES string of the molecule is O=C(O)c1ccc(-n2ccc(-n3ccnc(Nc4ccc(C(F)(F)F)cc4F)c3=O)n2)cc1. The van der Waals surface area contributed by atoms with Crippen LogP contribution in [0.5, 0.6) is 0 Å². The maximum atomic E-state index is 14.1. The predicted molar refractivity (Wildman–Crippen MR) is 109 cm³/mol. The number of nitrogens with zero attached hydrogens (tertiary/aromatic N) is 4. The Hall–Kier alpha value is -4.48. The van der Waals surface area contributed by atoms with Crippen LogP contribution in [0.1, 0.15) is 15.9 Å². The molecular weight excluding hydrogens is 446 g/mol. The van der Waals surface area contributed by atoms with E-state index in [1.165, 1.54) is 47.4 Å². The van der Waals surface area contributed by atoms with Crippen molar-refractivity contribution in [2.24, 2.45) is 0 Å². The lowest BCUT2D eigenvalue weighted by Gasteiger charge is -2.11. The number of benzene rings is 2. The topological polar surface area (TPSA) is 102 Å². The van der Waals surface area contributed by atoms with Crippen LogP contribution in [0.4, 0.5) is 29.1 Å². The molecule has 12 heteroatoms. The van der Waals surface area contributed by atoms with E-state index in [1.807, 2.05) is 0 Å². The van der Waals surface area contributed by atoms with Gasteiger partial charge in [-0.2, -0.15) is 13.2 Å². The van der Waals surface area contributed by atoms with Crippen molar-refractivity contribution in [3.63, 3.8) is 0 Å². The third-order valence-corrected chi connectivity index (χ3v) is 4.59. The van der Waals surface area contributed by atoms with Gasteiger partial charge < -0.3 is 10.4 Å². The van der Waals surface area contributed by atoms with E-state index in [0.29, 0.717) is 17.8 Å². The fourth-order valence-corrected chi connectivity index (χ4v) is 2.94. The number of rotatable bonds is 5. The number of carboxylic acids is 1. The van der Waals surface area contributed by atoms with Crippen molar-refractivity contribution >= 4 is 17.5 Å². The molecule has 33 heavy (non-hydrogen) atoms. The Labute approximate surface area is 182 Å². The number of aromatic carboxylic acids is 1. The third kappa shape index (κ3) is 4.44. The minimum Gasteiger partial charge on any atom is -0.478 e. The van der Waals surface area contributed by atoms with E-state index in [0.717, 1.165) is 10.6 Å². The van der Waals surface area contributed by atoms with Crippen molar-refractivity contribution in [2.75, 3.05) is 5.32 Å². The molecule has 0 aliphatic carbocycles. The number of carboxylic acid groups (broad SMARTS) is 1. The average molecular weight is 459 g/mol. The van der Waals surface area contributed by atoms with Crippen molar-refractivity contribution in [1.82, 2.24) is 19.3 Å². The van der Waals surface area contributed by atoms with E-state index in [1.54, 1.807) is 6.20 Å². The molecule has 2 aromatic heterocycles. The molecule has 0 saturated heterocycles. The zero-order valence-corrected chi connectivity index (χ0v) is 16.4. The zero-order chi connectivity index (χ0) is 23.8. The van der Waals surface area contributed by atoms with Gasteiger partial charge in [0.15, 0.2) is 11.6 Å². The number of anilines is 2. The number of carbonyl (C=O) groups is 1. The first-order valence-corrected chi connectivity index (χ1v) is 9.25. The van der Waals surface area contributed by atoms with Gasteiger partial charge in [0.25, 0.3) is 5.56 Å². The summed E-state index contributed by atoms with van der Waals surface area (Å²) in [6.07, 6.45) is -0.603. The molecule has 4 rings (SSSR count). The number of nitrogens with one attached hydrogen (secondary N) is 1. The Morgan fingerprint density at radius 1 is 1.03 bits per heavy atom. The first-order valence-electron chi connectivity index (χ1n) is 9.25. The summed E-state index contributed by atoms with van der Waals surface area (Å²) in [5.74, 6) is -2.41. The predicted octanol–water partition coefficient (Wildman–Crippen LogP) is 4.02. The normalized spacial score (nSPS) is 11.4. The third-order valence-electron chi connectivity index (χ3n) is 4.59. The maximum Gasteiger partial charge on any atom is 0.416 e. The molecule has 0 unspecified atom stereocenters. The number of alkyl halides is 3.